The Morgan fingerprint density at radius 2 is 2.04 bits per heavy atom. The summed E-state index contributed by atoms with van der Waals surface area (Å²) >= 11 is 5.89. The first-order valence-electron chi connectivity index (χ1n) is 10.3. The van der Waals surface area contributed by atoms with Gasteiger partial charge >= 0.3 is 0 Å². The van der Waals surface area contributed by atoms with E-state index in [1.807, 2.05) is 6.92 Å². The molecule has 0 saturated heterocycles. The lowest BCUT2D eigenvalue weighted by atomic mass is 9.44. The van der Waals surface area contributed by atoms with Crippen LogP contribution in [0, 0.1) is 34.5 Å². The van der Waals surface area contributed by atoms with Gasteiger partial charge in [0.05, 0.1) is 12.0 Å². The van der Waals surface area contributed by atoms with Crippen molar-refractivity contribution in [2.75, 3.05) is 5.88 Å². The molecule has 3 saturated carbocycles. The minimum Gasteiger partial charge on any atom is -0.390 e. The number of hydrogen-bond donors (Lipinski definition) is 1. The van der Waals surface area contributed by atoms with E-state index in [0.717, 1.165) is 12.0 Å². The van der Waals surface area contributed by atoms with Gasteiger partial charge in [-0.3, -0.25) is 9.59 Å². The number of aliphatic hydroxyl groups is 1. The van der Waals surface area contributed by atoms with Crippen molar-refractivity contribution in [2.24, 2.45) is 34.5 Å². The molecule has 8 atom stereocenters. The van der Waals surface area contributed by atoms with Gasteiger partial charge in [-0.25, -0.2) is 4.39 Å². The summed E-state index contributed by atoms with van der Waals surface area (Å²) in [5.41, 5.74) is -2.06. The molecule has 0 bridgehead atoms. The Labute approximate surface area is 165 Å². The van der Waals surface area contributed by atoms with E-state index in [4.69, 9.17) is 11.6 Å². The minimum absolute atomic E-state index is 0.0223. The van der Waals surface area contributed by atoms with E-state index in [-0.39, 0.29) is 41.1 Å². The second-order valence-electron chi connectivity index (χ2n) is 10.0. The molecular weight excluding hydrogens is 367 g/mol. The molecule has 2 unspecified atom stereocenters. The van der Waals surface area contributed by atoms with Crippen molar-refractivity contribution in [1.82, 2.24) is 0 Å². The highest BCUT2D eigenvalue weighted by Crippen LogP contribution is 2.70. The van der Waals surface area contributed by atoms with Gasteiger partial charge in [0.25, 0.3) is 0 Å². The van der Waals surface area contributed by atoms with E-state index in [1.165, 1.54) is 0 Å². The van der Waals surface area contributed by atoms with Crippen molar-refractivity contribution in [3.05, 3.63) is 11.6 Å². The fraction of sp³-hybridized carbons (Fsp3) is 0.818. The van der Waals surface area contributed by atoms with Crippen LogP contribution in [-0.4, -0.2) is 34.3 Å². The van der Waals surface area contributed by atoms with E-state index < -0.39 is 22.6 Å². The van der Waals surface area contributed by atoms with Crippen LogP contribution in [-0.2, 0) is 9.59 Å². The largest absolute Gasteiger partial charge is 0.390 e. The molecule has 4 aliphatic carbocycles. The highest BCUT2D eigenvalue weighted by Gasteiger charge is 2.71. The Balaban J connectivity index is 1.79. The van der Waals surface area contributed by atoms with Crippen LogP contribution in [0.2, 0.25) is 0 Å². The predicted molar refractivity (Wildman–Crippen MR) is 102 cm³/mol. The van der Waals surface area contributed by atoms with E-state index >= 15 is 4.39 Å². The fourth-order valence-corrected chi connectivity index (χ4v) is 7.87. The number of alkyl halides is 2. The molecule has 0 aromatic heterocycles. The first-order chi connectivity index (χ1) is 12.6. The first-order valence-corrected chi connectivity index (χ1v) is 10.8. The van der Waals surface area contributed by atoms with E-state index in [9.17, 15) is 14.7 Å². The molecule has 3 fully saturated rings. The van der Waals surface area contributed by atoms with Crippen LogP contribution >= 0.6 is 11.6 Å². The maximum absolute atomic E-state index is 16.9. The molecule has 4 aliphatic rings. The number of halogens is 2. The zero-order valence-electron chi connectivity index (χ0n) is 16.4. The number of carbonyl (C=O) groups is 2. The summed E-state index contributed by atoms with van der Waals surface area (Å²) in [7, 11) is 0. The second-order valence-corrected chi connectivity index (χ2v) is 10.3. The van der Waals surface area contributed by atoms with Gasteiger partial charge in [0, 0.05) is 23.7 Å². The molecule has 0 aliphatic heterocycles. The summed E-state index contributed by atoms with van der Waals surface area (Å²) in [6, 6.07) is 0. The van der Waals surface area contributed by atoms with Gasteiger partial charge in [-0.05, 0) is 55.4 Å². The normalized spacial score (nSPS) is 51.9. The molecule has 3 nitrogen and oxygen atoms in total. The fourth-order valence-electron chi connectivity index (χ4n) is 7.71. The third-order valence-corrected chi connectivity index (χ3v) is 9.12. The lowest BCUT2D eigenvalue weighted by Crippen LogP contribution is -2.67. The Bertz CT molecular complexity index is 720. The van der Waals surface area contributed by atoms with Gasteiger partial charge in [0.2, 0.25) is 0 Å². The zero-order valence-corrected chi connectivity index (χ0v) is 17.2. The number of rotatable bonds is 2. The van der Waals surface area contributed by atoms with Gasteiger partial charge in [0.1, 0.15) is 5.67 Å². The average Bonchev–Trinajstić information content (AvgIpc) is 2.86. The molecule has 0 amide bonds. The number of carbonyl (C=O) groups excluding carboxylic acids is 2. The van der Waals surface area contributed by atoms with Crippen LogP contribution in [0.1, 0.15) is 59.3 Å². The summed E-state index contributed by atoms with van der Waals surface area (Å²) in [6.45, 7) is 6.04. The highest BCUT2D eigenvalue weighted by molar-refractivity contribution is 6.28. The van der Waals surface area contributed by atoms with Gasteiger partial charge in [0.15, 0.2) is 11.6 Å². The Morgan fingerprint density at radius 1 is 1.33 bits per heavy atom. The topological polar surface area (TPSA) is 54.4 Å². The first kappa shape index (κ1) is 19.6. The van der Waals surface area contributed by atoms with Crippen molar-refractivity contribution < 1.29 is 19.1 Å². The van der Waals surface area contributed by atoms with Crippen molar-refractivity contribution in [3.8, 4) is 0 Å². The van der Waals surface area contributed by atoms with Crippen molar-refractivity contribution in [3.63, 3.8) is 0 Å². The number of aliphatic hydroxyl groups excluding tert-OH is 1. The second kappa shape index (κ2) is 6.13. The van der Waals surface area contributed by atoms with Gasteiger partial charge in [-0.1, -0.05) is 26.3 Å². The predicted octanol–water partition coefficient (Wildman–Crippen LogP) is 4.25. The Kier molecular flexibility index (Phi) is 4.44. The number of Topliss-reactive ketones (excluding diaryl/α,β-unsaturated/α-hetero) is 1. The smallest absolute Gasteiger partial charge is 0.155 e. The van der Waals surface area contributed by atoms with Crippen LogP contribution in [0.4, 0.5) is 4.39 Å². The summed E-state index contributed by atoms with van der Waals surface area (Å²) in [6.07, 6.45) is 3.76. The Morgan fingerprint density at radius 3 is 2.70 bits per heavy atom. The molecule has 0 aromatic rings. The van der Waals surface area contributed by atoms with Crippen molar-refractivity contribution in [2.45, 2.75) is 71.1 Å². The molecule has 0 radical (unpaired) electrons. The molecule has 4 rings (SSSR count). The standard InChI is InChI=1S/C22H30ClFO3/c1-12-8-16-15-5-4-13-9-14(25)6-7-21(13,3)22(15,24)18(27)10-20(16,2)19(12)17(26)11-23/h9,12,15-16,18-19,27H,4-8,10-11H2,1-3H3/t12?,15-,16-,18?,19+,20-,21-,22-/m0/s1. The zero-order chi connectivity index (χ0) is 19.8. The van der Waals surface area contributed by atoms with E-state index in [1.54, 1.807) is 6.08 Å². The average molecular weight is 397 g/mol. The molecule has 0 aromatic carbocycles. The molecule has 5 heteroatoms. The molecule has 150 valence electrons. The van der Waals surface area contributed by atoms with Crippen LogP contribution in [0.5, 0.6) is 0 Å². The SMILES string of the molecule is CC1C[C@H]2[C@@H]3CCC4=CC(=O)CC[C@]4(C)[C@@]3(F)C(O)C[C@]2(C)[C@H]1C(=O)CCl. The molecule has 1 N–H and O–H groups in total. The quantitative estimate of drug-likeness (QED) is 0.710. The summed E-state index contributed by atoms with van der Waals surface area (Å²) in [4.78, 5) is 24.5. The molecular formula is C22H30ClFO3. The summed E-state index contributed by atoms with van der Waals surface area (Å²) in [5, 5.41) is 11.2. The van der Waals surface area contributed by atoms with Crippen LogP contribution < -0.4 is 0 Å². The van der Waals surface area contributed by atoms with E-state index in [2.05, 4.69) is 13.8 Å². The lowest BCUT2D eigenvalue weighted by molar-refractivity contribution is -0.208. The number of fused-ring (bicyclic) bond motifs is 5. The van der Waals surface area contributed by atoms with Gasteiger partial charge < -0.3 is 5.11 Å². The third kappa shape index (κ3) is 2.35. The van der Waals surface area contributed by atoms with Gasteiger partial charge in [-0.15, -0.1) is 11.6 Å². The number of allylic oxidation sites excluding steroid dienone is 1. The number of hydrogen-bond acceptors (Lipinski definition) is 3. The Hall–Kier alpha value is -0.740. The molecule has 0 spiro atoms. The van der Waals surface area contributed by atoms with Crippen LogP contribution in [0.15, 0.2) is 11.6 Å². The summed E-state index contributed by atoms with van der Waals surface area (Å²) in [5.74, 6) is -0.201. The van der Waals surface area contributed by atoms with Crippen molar-refractivity contribution >= 4 is 23.2 Å². The van der Waals surface area contributed by atoms with E-state index in [0.29, 0.717) is 32.1 Å². The van der Waals surface area contributed by atoms with Crippen molar-refractivity contribution in [1.29, 1.82) is 0 Å². The highest BCUT2D eigenvalue weighted by atomic mass is 35.5. The molecule has 0 heterocycles. The maximum Gasteiger partial charge on any atom is 0.155 e. The van der Waals surface area contributed by atoms with Crippen LogP contribution in [0.3, 0.4) is 0 Å². The lowest BCUT2D eigenvalue weighted by Gasteiger charge is -2.63. The van der Waals surface area contributed by atoms with Crippen LogP contribution in [0.25, 0.3) is 0 Å². The number of ketones is 2. The summed E-state index contributed by atoms with van der Waals surface area (Å²) < 4.78 is 16.9. The monoisotopic (exact) mass is 396 g/mol. The minimum atomic E-state index is -1.74. The molecule has 27 heavy (non-hydrogen) atoms. The van der Waals surface area contributed by atoms with Gasteiger partial charge in [-0.2, -0.15) is 0 Å². The maximum atomic E-state index is 16.9. The third-order valence-electron chi connectivity index (χ3n) is 8.86.